The summed E-state index contributed by atoms with van der Waals surface area (Å²) < 4.78 is 16.1. The molecular weight excluding hydrogens is 266 g/mol. The van der Waals surface area contributed by atoms with Crippen LogP contribution in [0, 0.1) is 0 Å². The SMILES string of the molecule is COc1cc(C=O)cc(OC)c1OCc1nccs1. The Bertz CT molecular complexity index is 529. The van der Waals surface area contributed by atoms with Crippen LogP contribution >= 0.6 is 11.3 Å². The van der Waals surface area contributed by atoms with Crippen molar-refractivity contribution in [3.05, 3.63) is 34.3 Å². The number of benzene rings is 1. The molecule has 1 heterocycles. The third-order valence-electron chi connectivity index (χ3n) is 2.44. The largest absolute Gasteiger partial charge is 0.493 e. The van der Waals surface area contributed by atoms with Gasteiger partial charge in [0.15, 0.2) is 11.5 Å². The molecule has 0 bridgehead atoms. The molecule has 0 saturated heterocycles. The fourth-order valence-electron chi connectivity index (χ4n) is 1.57. The summed E-state index contributed by atoms with van der Waals surface area (Å²) in [5.41, 5.74) is 0.468. The second-order valence-corrected chi connectivity index (χ2v) is 4.57. The molecule has 6 heteroatoms. The van der Waals surface area contributed by atoms with E-state index in [1.54, 1.807) is 18.3 Å². The number of aldehydes is 1. The van der Waals surface area contributed by atoms with Crippen molar-refractivity contribution in [2.75, 3.05) is 14.2 Å². The van der Waals surface area contributed by atoms with Crippen molar-refractivity contribution in [2.24, 2.45) is 0 Å². The molecule has 0 fully saturated rings. The standard InChI is InChI=1S/C13H13NO4S/c1-16-10-5-9(7-15)6-11(17-2)13(10)18-8-12-14-3-4-19-12/h3-7H,8H2,1-2H3. The molecule has 1 aromatic carbocycles. The van der Waals surface area contributed by atoms with Gasteiger partial charge >= 0.3 is 0 Å². The predicted octanol–water partition coefficient (Wildman–Crippen LogP) is 2.55. The van der Waals surface area contributed by atoms with Gasteiger partial charge in [-0.25, -0.2) is 4.98 Å². The van der Waals surface area contributed by atoms with Crippen LogP contribution in [0.25, 0.3) is 0 Å². The Kier molecular flexibility index (Phi) is 4.35. The maximum absolute atomic E-state index is 10.8. The summed E-state index contributed by atoms with van der Waals surface area (Å²) in [4.78, 5) is 15.0. The molecule has 0 unspecified atom stereocenters. The Morgan fingerprint density at radius 3 is 2.42 bits per heavy atom. The fourth-order valence-corrected chi connectivity index (χ4v) is 2.10. The Morgan fingerprint density at radius 1 is 1.26 bits per heavy atom. The van der Waals surface area contributed by atoms with Gasteiger partial charge in [-0.3, -0.25) is 4.79 Å². The van der Waals surface area contributed by atoms with Crippen LogP contribution in [0.15, 0.2) is 23.7 Å². The number of methoxy groups -OCH3 is 2. The van der Waals surface area contributed by atoms with E-state index in [1.165, 1.54) is 25.6 Å². The third kappa shape index (κ3) is 3.03. The zero-order valence-electron chi connectivity index (χ0n) is 10.6. The third-order valence-corrected chi connectivity index (χ3v) is 3.20. The summed E-state index contributed by atoms with van der Waals surface area (Å²) in [6.45, 7) is 0.324. The van der Waals surface area contributed by atoms with Crippen LogP contribution in [-0.2, 0) is 6.61 Å². The van der Waals surface area contributed by atoms with E-state index in [0.29, 0.717) is 29.4 Å². The van der Waals surface area contributed by atoms with Crippen molar-refractivity contribution in [3.8, 4) is 17.2 Å². The molecule has 19 heavy (non-hydrogen) atoms. The smallest absolute Gasteiger partial charge is 0.204 e. The van der Waals surface area contributed by atoms with Gasteiger partial charge in [-0.15, -0.1) is 11.3 Å². The summed E-state index contributed by atoms with van der Waals surface area (Å²) >= 11 is 1.50. The van der Waals surface area contributed by atoms with Crippen LogP contribution < -0.4 is 14.2 Å². The molecule has 0 aliphatic carbocycles. The first kappa shape index (κ1) is 13.4. The first-order valence-corrected chi connectivity index (χ1v) is 6.38. The van der Waals surface area contributed by atoms with E-state index < -0.39 is 0 Å². The number of nitrogens with zero attached hydrogens (tertiary/aromatic N) is 1. The highest BCUT2D eigenvalue weighted by Gasteiger charge is 2.14. The molecule has 0 aliphatic rings. The van der Waals surface area contributed by atoms with Gasteiger partial charge in [0.25, 0.3) is 0 Å². The van der Waals surface area contributed by atoms with Gasteiger partial charge in [-0.2, -0.15) is 0 Å². The molecule has 1 aromatic heterocycles. The first-order valence-electron chi connectivity index (χ1n) is 5.51. The van der Waals surface area contributed by atoms with Crippen LogP contribution in [0.2, 0.25) is 0 Å². The highest BCUT2D eigenvalue weighted by Crippen LogP contribution is 2.38. The highest BCUT2D eigenvalue weighted by atomic mass is 32.1. The zero-order chi connectivity index (χ0) is 13.7. The highest BCUT2D eigenvalue weighted by molar-refractivity contribution is 7.09. The lowest BCUT2D eigenvalue weighted by Crippen LogP contribution is -2.00. The van der Waals surface area contributed by atoms with Crippen molar-refractivity contribution >= 4 is 17.6 Å². The number of hydrogen-bond donors (Lipinski definition) is 0. The van der Waals surface area contributed by atoms with E-state index in [0.717, 1.165) is 11.3 Å². The summed E-state index contributed by atoms with van der Waals surface area (Å²) in [5, 5.41) is 2.73. The number of carbonyl (C=O) groups excluding carboxylic acids is 1. The van der Waals surface area contributed by atoms with Crippen LogP contribution in [-0.4, -0.2) is 25.5 Å². The number of ether oxygens (including phenoxy) is 3. The lowest BCUT2D eigenvalue weighted by atomic mass is 10.2. The molecule has 0 spiro atoms. The quantitative estimate of drug-likeness (QED) is 0.761. The molecule has 0 N–H and O–H groups in total. The monoisotopic (exact) mass is 279 g/mol. The van der Waals surface area contributed by atoms with E-state index >= 15 is 0 Å². The molecule has 100 valence electrons. The van der Waals surface area contributed by atoms with E-state index in [4.69, 9.17) is 14.2 Å². The number of hydrogen-bond acceptors (Lipinski definition) is 6. The van der Waals surface area contributed by atoms with E-state index in [1.807, 2.05) is 5.38 Å². The van der Waals surface area contributed by atoms with Crippen LogP contribution in [0.3, 0.4) is 0 Å². The maximum Gasteiger partial charge on any atom is 0.204 e. The lowest BCUT2D eigenvalue weighted by molar-refractivity contribution is 0.112. The number of aromatic nitrogens is 1. The summed E-state index contributed by atoms with van der Waals surface area (Å²) in [5.74, 6) is 1.38. The van der Waals surface area contributed by atoms with E-state index in [9.17, 15) is 4.79 Å². The van der Waals surface area contributed by atoms with E-state index in [-0.39, 0.29) is 0 Å². The number of rotatable bonds is 6. The van der Waals surface area contributed by atoms with Gasteiger partial charge in [0.2, 0.25) is 5.75 Å². The number of thiazole rings is 1. The predicted molar refractivity (Wildman–Crippen MR) is 71.4 cm³/mol. The Labute approximate surface area is 114 Å². The fraction of sp³-hybridized carbons (Fsp3) is 0.231. The topological polar surface area (TPSA) is 57.7 Å². The average Bonchev–Trinajstić information content (AvgIpc) is 2.97. The molecule has 2 aromatic rings. The molecule has 0 saturated carbocycles. The molecule has 0 amide bonds. The van der Waals surface area contributed by atoms with Gasteiger partial charge in [-0.1, -0.05) is 0 Å². The minimum absolute atomic E-state index is 0.324. The van der Waals surface area contributed by atoms with Crippen molar-refractivity contribution in [1.29, 1.82) is 0 Å². The summed E-state index contributed by atoms with van der Waals surface area (Å²) in [6.07, 6.45) is 2.45. The van der Waals surface area contributed by atoms with Gasteiger partial charge < -0.3 is 14.2 Å². The van der Waals surface area contributed by atoms with Crippen LogP contribution in [0.1, 0.15) is 15.4 Å². The molecule has 5 nitrogen and oxygen atoms in total. The minimum Gasteiger partial charge on any atom is -0.493 e. The van der Waals surface area contributed by atoms with Gasteiger partial charge in [0, 0.05) is 17.1 Å². The van der Waals surface area contributed by atoms with Crippen molar-refractivity contribution < 1.29 is 19.0 Å². The van der Waals surface area contributed by atoms with Crippen molar-refractivity contribution in [1.82, 2.24) is 4.98 Å². The second-order valence-electron chi connectivity index (χ2n) is 3.59. The minimum atomic E-state index is 0.324. The molecule has 2 rings (SSSR count). The Hall–Kier alpha value is -2.08. The summed E-state index contributed by atoms with van der Waals surface area (Å²) in [6, 6.07) is 3.21. The zero-order valence-corrected chi connectivity index (χ0v) is 11.4. The molecular formula is C13H13NO4S. The molecule has 0 atom stereocenters. The second kappa shape index (κ2) is 6.19. The van der Waals surface area contributed by atoms with E-state index in [2.05, 4.69) is 4.98 Å². The molecule has 0 aliphatic heterocycles. The average molecular weight is 279 g/mol. The van der Waals surface area contributed by atoms with Gasteiger partial charge in [-0.05, 0) is 12.1 Å². The van der Waals surface area contributed by atoms with Crippen molar-refractivity contribution in [2.45, 2.75) is 6.61 Å². The maximum atomic E-state index is 10.8. The van der Waals surface area contributed by atoms with Gasteiger partial charge in [0.1, 0.15) is 17.9 Å². The Morgan fingerprint density at radius 2 is 1.95 bits per heavy atom. The first-order chi connectivity index (χ1) is 9.28. The molecule has 0 radical (unpaired) electrons. The summed E-state index contributed by atoms with van der Waals surface area (Å²) in [7, 11) is 3.03. The van der Waals surface area contributed by atoms with Crippen LogP contribution in [0.4, 0.5) is 0 Å². The Balaban J connectivity index is 2.28. The van der Waals surface area contributed by atoms with Crippen molar-refractivity contribution in [3.63, 3.8) is 0 Å². The lowest BCUT2D eigenvalue weighted by Gasteiger charge is -2.14. The number of carbonyl (C=O) groups is 1. The van der Waals surface area contributed by atoms with Gasteiger partial charge in [0.05, 0.1) is 14.2 Å². The normalized spacial score (nSPS) is 10.0. The van der Waals surface area contributed by atoms with Crippen LogP contribution in [0.5, 0.6) is 17.2 Å².